The largest absolute Gasteiger partial charge is 0.339 e. The van der Waals surface area contributed by atoms with E-state index in [0.717, 1.165) is 30.6 Å². The summed E-state index contributed by atoms with van der Waals surface area (Å²) in [7, 11) is 0. The van der Waals surface area contributed by atoms with Gasteiger partial charge >= 0.3 is 0 Å². The normalized spacial score (nSPS) is 16.8. The minimum Gasteiger partial charge on any atom is -0.339 e. The van der Waals surface area contributed by atoms with Gasteiger partial charge in [0.1, 0.15) is 0 Å². The number of hydrogen-bond acceptors (Lipinski definition) is 4. The second-order valence-corrected chi connectivity index (χ2v) is 9.43. The van der Waals surface area contributed by atoms with Gasteiger partial charge in [0.05, 0.1) is 22.3 Å². The number of likely N-dealkylation sites (tertiary alicyclic amines) is 1. The zero-order valence-electron chi connectivity index (χ0n) is 18.4. The molecule has 0 spiro atoms. The van der Waals surface area contributed by atoms with Crippen LogP contribution in [0.4, 0.5) is 0 Å². The van der Waals surface area contributed by atoms with Gasteiger partial charge in [0.25, 0.3) is 5.56 Å². The van der Waals surface area contributed by atoms with Crippen molar-refractivity contribution < 1.29 is 4.79 Å². The quantitative estimate of drug-likeness (QED) is 0.418. The van der Waals surface area contributed by atoms with Gasteiger partial charge in [-0.05, 0) is 55.9 Å². The summed E-state index contributed by atoms with van der Waals surface area (Å²) in [5.74, 6) is 0.644. The van der Waals surface area contributed by atoms with Crippen molar-refractivity contribution in [2.45, 2.75) is 57.1 Å². The van der Waals surface area contributed by atoms with Crippen molar-refractivity contribution in [3.05, 3.63) is 64.4 Å². The van der Waals surface area contributed by atoms with Crippen LogP contribution in [0.3, 0.4) is 0 Å². The number of rotatable bonds is 5. The molecule has 1 unspecified atom stereocenters. The molecule has 0 radical (unpaired) electrons. The Morgan fingerprint density at radius 2 is 1.87 bits per heavy atom. The lowest BCUT2D eigenvalue weighted by Gasteiger charge is -2.33. The molecule has 162 valence electrons. The molecule has 6 heteroatoms. The predicted octanol–water partition coefficient (Wildman–Crippen LogP) is 5.00. The summed E-state index contributed by atoms with van der Waals surface area (Å²) >= 11 is 1.36. The third kappa shape index (κ3) is 4.40. The number of hydrogen-bond donors (Lipinski definition) is 0. The fraction of sp³-hybridized carbons (Fsp3) is 0.400. The van der Waals surface area contributed by atoms with Crippen LogP contribution in [0.2, 0.25) is 0 Å². The van der Waals surface area contributed by atoms with Gasteiger partial charge in [-0.25, -0.2) is 4.98 Å². The van der Waals surface area contributed by atoms with E-state index in [4.69, 9.17) is 4.98 Å². The molecule has 0 N–H and O–H groups in total. The zero-order valence-corrected chi connectivity index (χ0v) is 19.2. The monoisotopic (exact) mass is 435 g/mol. The Morgan fingerprint density at radius 3 is 2.65 bits per heavy atom. The van der Waals surface area contributed by atoms with Crippen molar-refractivity contribution in [3.8, 4) is 5.69 Å². The molecule has 0 bridgehead atoms. The second-order valence-electron chi connectivity index (χ2n) is 8.49. The molecule has 3 aromatic rings. The standard InChI is InChI=1S/C25H29N3O2S/c1-17(2)19-11-5-7-14-22(19)28-24(30)20-12-4-6-13-21(20)26-25(28)31-16-23(29)27-15-9-8-10-18(27)3/h4-7,11-14,17-18H,8-10,15-16H2,1-3H3. The summed E-state index contributed by atoms with van der Waals surface area (Å²) in [5.41, 5.74) is 2.48. The molecule has 4 rings (SSSR count). The highest BCUT2D eigenvalue weighted by Gasteiger charge is 2.24. The molecule has 1 aromatic heterocycles. The lowest BCUT2D eigenvalue weighted by atomic mass is 10.0. The van der Waals surface area contributed by atoms with Crippen molar-refractivity contribution in [2.75, 3.05) is 12.3 Å². The molecule has 1 atom stereocenters. The van der Waals surface area contributed by atoms with Crippen molar-refractivity contribution >= 4 is 28.6 Å². The van der Waals surface area contributed by atoms with E-state index in [-0.39, 0.29) is 29.2 Å². The first-order valence-corrected chi connectivity index (χ1v) is 12.0. The van der Waals surface area contributed by atoms with Crippen LogP contribution >= 0.6 is 11.8 Å². The van der Waals surface area contributed by atoms with Crippen LogP contribution in [-0.4, -0.2) is 38.7 Å². The molecule has 31 heavy (non-hydrogen) atoms. The number of nitrogens with zero attached hydrogens (tertiary/aromatic N) is 3. The van der Waals surface area contributed by atoms with E-state index in [0.29, 0.717) is 16.1 Å². The summed E-state index contributed by atoms with van der Waals surface area (Å²) in [4.78, 5) is 33.3. The van der Waals surface area contributed by atoms with Crippen LogP contribution in [0.25, 0.3) is 16.6 Å². The number of thioether (sulfide) groups is 1. The maximum Gasteiger partial charge on any atom is 0.266 e. The smallest absolute Gasteiger partial charge is 0.266 e. The molecule has 1 saturated heterocycles. The Balaban J connectivity index is 1.77. The van der Waals surface area contributed by atoms with E-state index < -0.39 is 0 Å². The molecule has 0 saturated carbocycles. The summed E-state index contributed by atoms with van der Waals surface area (Å²) < 4.78 is 1.69. The van der Waals surface area contributed by atoms with Gasteiger partial charge in [-0.3, -0.25) is 14.2 Å². The minimum absolute atomic E-state index is 0.0972. The van der Waals surface area contributed by atoms with E-state index in [9.17, 15) is 9.59 Å². The van der Waals surface area contributed by atoms with E-state index in [1.54, 1.807) is 4.57 Å². The fourth-order valence-electron chi connectivity index (χ4n) is 4.28. The lowest BCUT2D eigenvalue weighted by Crippen LogP contribution is -2.43. The zero-order chi connectivity index (χ0) is 22.0. The number of piperidine rings is 1. The molecular formula is C25H29N3O2S. The number of carbonyl (C=O) groups excluding carboxylic acids is 1. The fourth-order valence-corrected chi connectivity index (χ4v) is 5.17. The molecule has 2 aromatic carbocycles. The Hall–Kier alpha value is -2.60. The van der Waals surface area contributed by atoms with Crippen LogP contribution in [0.1, 0.15) is 51.5 Å². The second kappa shape index (κ2) is 9.27. The summed E-state index contributed by atoms with van der Waals surface area (Å²) in [5, 5.41) is 1.15. The average molecular weight is 436 g/mol. The lowest BCUT2D eigenvalue weighted by molar-refractivity contribution is -0.131. The third-order valence-electron chi connectivity index (χ3n) is 5.99. The van der Waals surface area contributed by atoms with E-state index in [2.05, 4.69) is 26.8 Å². The van der Waals surface area contributed by atoms with Crippen molar-refractivity contribution in [1.29, 1.82) is 0 Å². The molecule has 1 fully saturated rings. The minimum atomic E-state index is -0.0972. The summed E-state index contributed by atoms with van der Waals surface area (Å²) in [6.45, 7) is 7.17. The molecular weight excluding hydrogens is 406 g/mol. The summed E-state index contributed by atoms with van der Waals surface area (Å²) in [6.07, 6.45) is 3.29. The first-order chi connectivity index (χ1) is 15.0. The van der Waals surface area contributed by atoms with Crippen LogP contribution in [0, 0.1) is 0 Å². The molecule has 1 aliphatic rings. The predicted molar refractivity (Wildman–Crippen MR) is 127 cm³/mol. The molecule has 1 amide bonds. The molecule has 0 aliphatic carbocycles. The van der Waals surface area contributed by atoms with Gasteiger partial charge < -0.3 is 4.90 Å². The Kier molecular flexibility index (Phi) is 6.46. The van der Waals surface area contributed by atoms with Crippen LogP contribution in [0.15, 0.2) is 58.5 Å². The number of amides is 1. The average Bonchev–Trinajstić information content (AvgIpc) is 2.78. The number of para-hydroxylation sites is 2. The highest BCUT2D eigenvalue weighted by molar-refractivity contribution is 7.99. The van der Waals surface area contributed by atoms with Crippen LogP contribution < -0.4 is 5.56 Å². The Morgan fingerprint density at radius 1 is 1.13 bits per heavy atom. The first kappa shape index (κ1) is 21.6. The maximum absolute atomic E-state index is 13.5. The van der Waals surface area contributed by atoms with Crippen molar-refractivity contribution in [2.24, 2.45) is 0 Å². The molecule has 5 nitrogen and oxygen atoms in total. The Bertz CT molecular complexity index is 1150. The number of aromatic nitrogens is 2. The highest BCUT2D eigenvalue weighted by atomic mass is 32.2. The van der Waals surface area contributed by atoms with E-state index in [1.807, 2.05) is 47.4 Å². The highest BCUT2D eigenvalue weighted by Crippen LogP contribution is 2.28. The van der Waals surface area contributed by atoms with Gasteiger partial charge in [0, 0.05) is 12.6 Å². The van der Waals surface area contributed by atoms with Gasteiger partial charge in [0.15, 0.2) is 5.16 Å². The van der Waals surface area contributed by atoms with Gasteiger partial charge in [-0.1, -0.05) is 55.9 Å². The number of carbonyl (C=O) groups is 1. The molecule has 2 heterocycles. The van der Waals surface area contributed by atoms with Crippen LogP contribution in [-0.2, 0) is 4.79 Å². The SMILES string of the molecule is CC(C)c1ccccc1-n1c(SCC(=O)N2CCCCC2C)nc2ccccc2c1=O. The Labute approximate surface area is 187 Å². The third-order valence-corrected chi connectivity index (χ3v) is 6.92. The van der Waals surface area contributed by atoms with E-state index in [1.165, 1.54) is 18.2 Å². The van der Waals surface area contributed by atoms with E-state index >= 15 is 0 Å². The van der Waals surface area contributed by atoms with Crippen molar-refractivity contribution in [1.82, 2.24) is 14.5 Å². The van der Waals surface area contributed by atoms with Crippen molar-refractivity contribution in [3.63, 3.8) is 0 Å². The van der Waals surface area contributed by atoms with Crippen LogP contribution in [0.5, 0.6) is 0 Å². The van der Waals surface area contributed by atoms with Gasteiger partial charge in [-0.15, -0.1) is 0 Å². The van der Waals surface area contributed by atoms with Gasteiger partial charge in [-0.2, -0.15) is 0 Å². The summed E-state index contributed by atoms with van der Waals surface area (Å²) in [6, 6.07) is 15.6. The number of benzene rings is 2. The first-order valence-electron chi connectivity index (χ1n) is 11.0. The topological polar surface area (TPSA) is 55.2 Å². The maximum atomic E-state index is 13.5. The number of fused-ring (bicyclic) bond motifs is 1. The van der Waals surface area contributed by atoms with Gasteiger partial charge in [0.2, 0.25) is 5.91 Å². The molecule has 1 aliphatic heterocycles.